The van der Waals surface area contributed by atoms with Gasteiger partial charge in [-0.3, -0.25) is 0 Å². The van der Waals surface area contributed by atoms with Gasteiger partial charge in [-0.2, -0.15) is 0 Å². The molecule has 0 saturated heterocycles. The molecule has 4 heteroatoms. The highest BCUT2D eigenvalue weighted by Gasteiger charge is 2.22. The molecule has 1 aromatic rings. The Morgan fingerprint density at radius 2 is 2.26 bits per heavy atom. The van der Waals surface area contributed by atoms with Gasteiger partial charge in [0, 0.05) is 13.1 Å². The quantitative estimate of drug-likeness (QED) is 0.856. The summed E-state index contributed by atoms with van der Waals surface area (Å²) in [7, 11) is 1.70. The largest absolute Gasteiger partial charge is 0.497 e. The summed E-state index contributed by atoms with van der Waals surface area (Å²) < 4.78 is 5.28. The molecule has 0 aromatic heterocycles. The van der Waals surface area contributed by atoms with Crippen LogP contribution < -0.4 is 15.4 Å². The number of amides is 2. The van der Waals surface area contributed by atoms with Gasteiger partial charge in [-0.05, 0) is 55.4 Å². The van der Waals surface area contributed by atoms with Gasteiger partial charge in [0.25, 0.3) is 0 Å². The van der Waals surface area contributed by atoms with Crippen LogP contribution >= 0.6 is 0 Å². The molecular weight excluding hydrogens is 240 g/mol. The first kappa shape index (κ1) is 13.7. The topological polar surface area (TPSA) is 50.4 Å². The molecule has 2 rings (SSSR count). The first-order chi connectivity index (χ1) is 9.24. The number of carbonyl (C=O) groups is 1. The van der Waals surface area contributed by atoms with Crippen molar-refractivity contribution in [1.82, 2.24) is 10.6 Å². The highest BCUT2D eigenvalue weighted by molar-refractivity contribution is 5.73. The first-order valence-corrected chi connectivity index (χ1v) is 6.93. The summed E-state index contributed by atoms with van der Waals surface area (Å²) in [4.78, 5) is 11.3. The van der Waals surface area contributed by atoms with E-state index in [1.54, 1.807) is 7.11 Å². The Kier molecular flexibility index (Phi) is 4.66. The van der Waals surface area contributed by atoms with E-state index in [0.717, 1.165) is 18.6 Å². The lowest BCUT2D eigenvalue weighted by Crippen LogP contribution is -2.36. The first-order valence-electron chi connectivity index (χ1n) is 6.93. The lowest BCUT2D eigenvalue weighted by atomic mass is 9.97. The third kappa shape index (κ3) is 3.40. The Bertz CT molecular complexity index is 446. The van der Waals surface area contributed by atoms with Crippen molar-refractivity contribution in [2.24, 2.45) is 0 Å². The molecule has 2 N–H and O–H groups in total. The Morgan fingerprint density at radius 3 is 3.00 bits per heavy atom. The van der Waals surface area contributed by atoms with Crippen LogP contribution in [0.5, 0.6) is 5.75 Å². The Balaban J connectivity index is 1.89. The van der Waals surface area contributed by atoms with Crippen LogP contribution in [0.3, 0.4) is 0 Å². The van der Waals surface area contributed by atoms with Gasteiger partial charge < -0.3 is 15.4 Å². The van der Waals surface area contributed by atoms with Crippen molar-refractivity contribution in [2.45, 2.75) is 32.1 Å². The maximum atomic E-state index is 11.3. The lowest BCUT2D eigenvalue weighted by Gasteiger charge is -2.13. The number of carbonyl (C=O) groups excluding carboxylic acids is 1. The van der Waals surface area contributed by atoms with Gasteiger partial charge >= 0.3 is 6.03 Å². The SMILES string of the molecule is CCNC(=O)NCCC1CCc2ccc(OC)cc21. The van der Waals surface area contributed by atoms with Gasteiger partial charge in [-0.1, -0.05) is 6.07 Å². The predicted octanol–water partition coefficient (Wildman–Crippen LogP) is 2.43. The van der Waals surface area contributed by atoms with Gasteiger partial charge in [-0.15, -0.1) is 0 Å². The molecule has 0 bridgehead atoms. The van der Waals surface area contributed by atoms with Crippen molar-refractivity contribution < 1.29 is 9.53 Å². The Morgan fingerprint density at radius 1 is 1.42 bits per heavy atom. The van der Waals surface area contributed by atoms with E-state index in [-0.39, 0.29) is 6.03 Å². The molecule has 0 aliphatic heterocycles. The molecule has 0 fully saturated rings. The molecule has 1 aromatic carbocycles. The molecule has 1 atom stereocenters. The van der Waals surface area contributed by atoms with Crippen LogP contribution in [0, 0.1) is 0 Å². The summed E-state index contributed by atoms with van der Waals surface area (Å²) in [6.45, 7) is 3.29. The third-order valence-corrected chi connectivity index (χ3v) is 3.67. The zero-order valence-electron chi connectivity index (χ0n) is 11.7. The fourth-order valence-corrected chi connectivity index (χ4v) is 2.68. The molecule has 1 unspecified atom stereocenters. The summed E-state index contributed by atoms with van der Waals surface area (Å²) in [6, 6.07) is 6.24. The summed E-state index contributed by atoms with van der Waals surface area (Å²) >= 11 is 0. The van der Waals surface area contributed by atoms with Crippen LogP contribution in [-0.2, 0) is 6.42 Å². The van der Waals surface area contributed by atoms with Crippen LogP contribution in [0.2, 0.25) is 0 Å². The molecule has 1 aliphatic carbocycles. The van der Waals surface area contributed by atoms with Gasteiger partial charge in [0.15, 0.2) is 0 Å². The van der Waals surface area contributed by atoms with Gasteiger partial charge in [0.2, 0.25) is 0 Å². The lowest BCUT2D eigenvalue weighted by molar-refractivity contribution is 0.241. The van der Waals surface area contributed by atoms with Gasteiger partial charge in [-0.25, -0.2) is 4.79 Å². The second kappa shape index (κ2) is 6.45. The maximum absolute atomic E-state index is 11.3. The van der Waals surface area contributed by atoms with E-state index >= 15 is 0 Å². The fraction of sp³-hybridized carbons (Fsp3) is 0.533. The van der Waals surface area contributed by atoms with Crippen LogP contribution in [-0.4, -0.2) is 26.2 Å². The minimum atomic E-state index is -0.0774. The Hall–Kier alpha value is -1.71. The van der Waals surface area contributed by atoms with E-state index in [9.17, 15) is 4.79 Å². The van der Waals surface area contributed by atoms with E-state index in [2.05, 4.69) is 22.8 Å². The van der Waals surface area contributed by atoms with E-state index < -0.39 is 0 Å². The number of hydrogen-bond acceptors (Lipinski definition) is 2. The van der Waals surface area contributed by atoms with Crippen LogP contribution in [0.15, 0.2) is 18.2 Å². The summed E-state index contributed by atoms with van der Waals surface area (Å²) in [5.41, 5.74) is 2.81. The smallest absolute Gasteiger partial charge is 0.314 e. The van der Waals surface area contributed by atoms with E-state index in [1.165, 1.54) is 17.5 Å². The minimum Gasteiger partial charge on any atom is -0.497 e. The Labute approximate surface area is 114 Å². The van der Waals surface area contributed by atoms with Crippen LogP contribution in [0.25, 0.3) is 0 Å². The van der Waals surface area contributed by atoms with Crippen molar-refractivity contribution in [1.29, 1.82) is 0 Å². The number of rotatable bonds is 5. The van der Waals surface area contributed by atoms with Gasteiger partial charge in [0.1, 0.15) is 5.75 Å². The summed E-state index contributed by atoms with van der Waals surface area (Å²) in [5, 5.41) is 5.63. The number of fused-ring (bicyclic) bond motifs is 1. The third-order valence-electron chi connectivity index (χ3n) is 3.67. The summed E-state index contributed by atoms with van der Waals surface area (Å²) in [5.74, 6) is 1.45. The molecule has 0 radical (unpaired) electrons. The number of hydrogen-bond donors (Lipinski definition) is 2. The standard InChI is InChI=1S/C15H22N2O2/c1-3-16-15(18)17-9-8-12-5-4-11-6-7-13(19-2)10-14(11)12/h6-7,10,12H,3-5,8-9H2,1-2H3,(H2,16,17,18). The van der Waals surface area contributed by atoms with Crippen LogP contribution in [0.1, 0.15) is 36.8 Å². The average molecular weight is 262 g/mol. The second-order valence-electron chi connectivity index (χ2n) is 4.88. The second-order valence-corrected chi connectivity index (χ2v) is 4.88. The van der Waals surface area contributed by atoms with Gasteiger partial charge in [0.05, 0.1) is 7.11 Å². The van der Waals surface area contributed by atoms with E-state index in [4.69, 9.17) is 4.74 Å². The van der Waals surface area contributed by atoms with E-state index in [1.807, 2.05) is 13.0 Å². The van der Waals surface area contributed by atoms with Crippen molar-refractivity contribution in [3.8, 4) is 5.75 Å². The number of methoxy groups -OCH3 is 1. The molecule has 4 nitrogen and oxygen atoms in total. The zero-order chi connectivity index (χ0) is 13.7. The molecule has 0 spiro atoms. The monoisotopic (exact) mass is 262 g/mol. The summed E-state index contributed by atoms with van der Waals surface area (Å²) in [6.07, 6.45) is 3.28. The normalized spacial score (nSPS) is 16.8. The highest BCUT2D eigenvalue weighted by Crippen LogP contribution is 2.37. The number of benzene rings is 1. The molecular formula is C15H22N2O2. The number of urea groups is 1. The number of nitrogens with one attached hydrogen (secondary N) is 2. The molecule has 1 aliphatic rings. The predicted molar refractivity (Wildman–Crippen MR) is 75.7 cm³/mol. The van der Waals surface area contributed by atoms with Crippen molar-refractivity contribution in [2.75, 3.05) is 20.2 Å². The molecule has 104 valence electrons. The zero-order valence-corrected chi connectivity index (χ0v) is 11.7. The fourth-order valence-electron chi connectivity index (χ4n) is 2.68. The van der Waals surface area contributed by atoms with Crippen molar-refractivity contribution in [3.63, 3.8) is 0 Å². The van der Waals surface area contributed by atoms with E-state index in [0.29, 0.717) is 19.0 Å². The molecule has 0 saturated carbocycles. The number of ether oxygens (including phenoxy) is 1. The maximum Gasteiger partial charge on any atom is 0.314 e. The average Bonchev–Trinajstić information content (AvgIpc) is 2.81. The molecule has 19 heavy (non-hydrogen) atoms. The number of aryl methyl sites for hydroxylation is 1. The minimum absolute atomic E-state index is 0.0774. The van der Waals surface area contributed by atoms with Crippen molar-refractivity contribution in [3.05, 3.63) is 29.3 Å². The van der Waals surface area contributed by atoms with Crippen LogP contribution in [0.4, 0.5) is 4.79 Å². The highest BCUT2D eigenvalue weighted by atomic mass is 16.5. The molecule has 2 amide bonds. The molecule has 0 heterocycles. The van der Waals surface area contributed by atoms with Crippen molar-refractivity contribution >= 4 is 6.03 Å².